The van der Waals surface area contributed by atoms with Crippen molar-refractivity contribution in [1.29, 1.82) is 0 Å². The summed E-state index contributed by atoms with van der Waals surface area (Å²) in [5.74, 6) is 6.33. The predicted molar refractivity (Wildman–Crippen MR) is 81.6 cm³/mol. The number of halogens is 1. The molecule has 0 radical (unpaired) electrons. The summed E-state index contributed by atoms with van der Waals surface area (Å²) in [5, 5.41) is 4.53. The zero-order valence-corrected chi connectivity index (χ0v) is 12.6. The number of aromatic nitrogens is 3. The Morgan fingerprint density at radius 3 is 2.75 bits per heavy atom. The molecular formula is C15H17ClN4. The van der Waals surface area contributed by atoms with Gasteiger partial charge in [0.25, 0.3) is 0 Å². The van der Waals surface area contributed by atoms with Gasteiger partial charge in [0.15, 0.2) is 0 Å². The van der Waals surface area contributed by atoms with Crippen LogP contribution in [0.3, 0.4) is 0 Å². The first kappa shape index (κ1) is 14.4. The Bertz CT molecular complexity index is 679. The smallest absolute Gasteiger partial charge is 0.134 e. The van der Waals surface area contributed by atoms with E-state index in [-0.39, 0.29) is 5.92 Å². The predicted octanol–water partition coefficient (Wildman–Crippen LogP) is 2.96. The Labute approximate surface area is 124 Å². The third-order valence-corrected chi connectivity index (χ3v) is 3.56. The van der Waals surface area contributed by atoms with Crippen molar-refractivity contribution < 1.29 is 0 Å². The van der Waals surface area contributed by atoms with E-state index in [2.05, 4.69) is 35.8 Å². The van der Waals surface area contributed by atoms with Crippen molar-refractivity contribution >= 4 is 17.3 Å². The van der Waals surface area contributed by atoms with Crippen LogP contribution in [0.1, 0.15) is 42.9 Å². The zero-order valence-electron chi connectivity index (χ0n) is 11.8. The first-order valence-electron chi connectivity index (χ1n) is 6.47. The molecule has 0 saturated heterocycles. The van der Waals surface area contributed by atoms with Gasteiger partial charge in [-0.2, -0.15) is 5.10 Å². The molecule has 0 aliphatic carbocycles. The SMILES string of the molecule is CCC(C)c1c(Cl)ncc(C#Cc2cnn(C)c2)c1N. The van der Waals surface area contributed by atoms with Crippen LogP contribution < -0.4 is 5.73 Å². The molecule has 0 bridgehead atoms. The molecule has 1 atom stereocenters. The maximum Gasteiger partial charge on any atom is 0.134 e. The Balaban J connectivity index is 2.41. The lowest BCUT2D eigenvalue weighted by molar-refractivity contribution is 0.732. The molecule has 0 aromatic carbocycles. The lowest BCUT2D eigenvalue weighted by Gasteiger charge is -2.14. The van der Waals surface area contributed by atoms with Crippen molar-refractivity contribution in [2.75, 3.05) is 5.73 Å². The van der Waals surface area contributed by atoms with E-state index in [4.69, 9.17) is 17.3 Å². The fraction of sp³-hybridized carbons (Fsp3) is 0.333. The molecule has 4 nitrogen and oxygen atoms in total. The van der Waals surface area contributed by atoms with Gasteiger partial charge in [-0.3, -0.25) is 4.68 Å². The summed E-state index contributed by atoms with van der Waals surface area (Å²) in [6.07, 6.45) is 6.13. The van der Waals surface area contributed by atoms with E-state index in [0.717, 1.165) is 17.5 Å². The first-order chi connectivity index (χ1) is 9.52. The van der Waals surface area contributed by atoms with E-state index in [9.17, 15) is 0 Å². The summed E-state index contributed by atoms with van der Waals surface area (Å²) >= 11 is 6.14. The van der Waals surface area contributed by atoms with E-state index >= 15 is 0 Å². The highest BCUT2D eigenvalue weighted by Gasteiger charge is 2.15. The zero-order chi connectivity index (χ0) is 14.7. The summed E-state index contributed by atoms with van der Waals surface area (Å²) in [6, 6.07) is 0. The van der Waals surface area contributed by atoms with E-state index in [1.807, 2.05) is 13.2 Å². The number of pyridine rings is 1. The van der Waals surface area contributed by atoms with Crippen LogP contribution in [-0.4, -0.2) is 14.8 Å². The second-order valence-electron chi connectivity index (χ2n) is 4.75. The molecule has 2 aromatic heterocycles. The summed E-state index contributed by atoms with van der Waals surface area (Å²) < 4.78 is 1.71. The lowest BCUT2D eigenvalue weighted by atomic mass is 9.97. The van der Waals surface area contributed by atoms with E-state index in [1.165, 1.54) is 0 Å². The van der Waals surface area contributed by atoms with Gasteiger partial charge in [0.05, 0.1) is 23.0 Å². The van der Waals surface area contributed by atoms with Crippen molar-refractivity contribution in [1.82, 2.24) is 14.8 Å². The number of nitrogen functional groups attached to an aromatic ring is 1. The van der Waals surface area contributed by atoms with Crippen LogP contribution in [0.25, 0.3) is 0 Å². The van der Waals surface area contributed by atoms with Crippen molar-refractivity contribution in [2.45, 2.75) is 26.2 Å². The molecule has 0 saturated carbocycles. The number of hydrogen-bond acceptors (Lipinski definition) is 3. The fourth-order valence-electron chi connectivity index (χ4n) is 1.91. The summed E-state index contributed by atoms with van der Waals surface area (Å²) in [6.45, 7) is 4.17. The number of nitrogens with zero attached hydrogens (tertiary/aromatic N) is 3. The Morgan fingerprint density at radius 1 is 1.40 bits per heavy atom. The van der Waals surface area contributed by atoms with Crippen LogP contribution in [0, 0.1) is 11.8 Å². The molecule has 2 aromatic rings. The van der Waals surface area contributed by atoms with E-state index in [0.29, 0.717) is 16.4 Å². The highest BCUT2D eigenvalue weighted by molar-refractivity contribution is 6.30. The minimum atomic E-state index is 0.259. The van der Waals surface area contributed by atoms with E-state index in [1.54, 1.807) is 17.1 Å². The average Bonchev–Trinajstić information content (AvgIpc) is 2.83. The number of hydrogen-bond donors (Lipinski definition) is 1. The Morgan fingerprint density at radius 2 is 2.15 bits per heavy atom. The summed E-state index contributed by atoms with van der Waals surface area (Å²) in [7, 11) is 1.85. The van der Waals surface area contributed by atoms with Crippen LogP contribution in [0.15, 0.2) is 18.6 Å². The third kappa shape index (κ3) is 2.94. The van der Waals surface area contributed by atoms with Crippen molar-refractivity contribution in [3.63, 3.8) is 0 Å². The molecule has 0 aliphatic heterocycles. The molecule has 0 spiro atoms. The standard InChI is InChI=1S/C15H17ClN4/c1-4-10(2)13-14(17)12(8-18-15(13)16)6-5-11-7-19-20(3)9-11/h7-10H,4H2,1-3H3,(H2,17,18). The number of rotatable bonds is 2. The molecule has 0 fully saturated rings. The second kappa shape index (κ2) is 5.98. The van der Waals surface area contributed by atoms with Gasteiger partial charge in [0, 0.05) is 25.0 Å². The van der Waals surface area contributed by atoms with Crippen molar-refractivity contribution in [2.24, 2.45) is 7.05 Å². The van der Waals surface area contributed by atoms with Gasteiger partial charge in [-0.05, 0) is 12.3 Å². The number of anilines is 1. The molecule has 2 heterocycles. The fourth-order valence-corrected chi connectivity index (χ4v) is 2.25. The summed E-state index contributed by atoms with van der Waals surface area (Å²) in [4.78, 5) is 4.19. The third-order valence-electron chi connectivity index (χ3n) is 3.26. The van der Waals surface area contributed by atoms with Crippen LogP contribution in [0.5, 0.6) is 0 Å². The van der Waals surface area contributed by atoms with E-state index < -0.39 is 0 Å². The molecule has 2 N–H and O–H groups in total. The molecular weight excluding hydrogens is 272 g/mol. The topological polar surface area (TPSA) is 56.7 Å². The average molecular weight is 289 g/mol. The number of aryl methyl sites for hydroxylation is 1. The van der Waals surface area contributed by atoms with Gasteiger partial charge in [-0.15, -0.1) is 0 Å². The maximum absolute atomic E-state index is 6.18. The molecule has 0 amide bonds. The van der Waals surface area contributed by atoms with Gasteiger partial charge < -0.3 is 5.73 Å². The summed E-state index contributed by atoms with van der Waals surface area (Å²) in [5.41, 5.74) is 9.23. The molecule has 1 unspecified atom stereocenters. The lowest BCUT2D eigenvalue weighted by Crippen LogP contribution is -2.04. The Kier molecular flexibility index (Phi) is 4.31. The van der Waals surface area contributed by atoms with Gasteiger partial charge in [-0.1, -0.05) is 37.3 Å². The van der Waals surface area contributed by atoms with Gasteiger partial charge in [0.2, 0.25) is 0 Å². The second-order valence-corrected chi connectivity index (χ2v) is 5.11. The van der Waals surface area contributed by atoms with Crippen LogP contribution in [-0.2, 0) is 7.05 Å². The van der Waals surface area contributed by atoms with Gasteiger partial charge in [0.1, 0.15) is 5.15 Å². The highest BCUT2D eigenvalue weighted by Crippen LogP contribution is 2.32. The molecule has 20 heavy (non-hydrogen) atoms. The van der Waals surface area contributed by atoms with Crippen molar-refractivity contribution in [3.8, 4) is 11.8 Å². The van der Waals surface area contributed by atoms with Crippen LogP contribution in [0.4, 0.5) is 5.69 Å². The normalized spacial score (nSPS) is 11.8. The number of nitrogens with two attached hydrogens (primary N) is 1. The minimum Gasteiger partial charge on any atom is -0.397 e. The van der Waals surface area contributed by atoms with Gasteiger partial charge in [-0.25, -0.2) is 4.98 Å². The highest BCUT2D eigenvalue weighted by atomic mass is 35.5. The van der Waals surface area contributed by atoms with Crippen LogP contribution >= 0.6 is 11.6 Å². The van der Waals surface area contributed by atoms with Gasteiger partial charge >= 0.3 is 0 Å². The molecule has 5 heteroatoms. The quantitative estimate of drug-likeness (QED) is 0.683. The minimum absolute atomic E-state index is 0.259. The monoisotopic (exact) mass is 288 g/mol. The molecule has 2 rings (SSSR count). The molecule has 0 aliphatic rings. The van der Waals surface area contributed by atoms with Crippen molar-refractivity contribution in [3.05, 3.63) is 40.4 Å². The first-order valence-corrected chi connectivity index (χ1v) is 6.85. The van der Waals surface area contributed by atoms with Crippen LogP contribution in [0.2, 0.25) is 5.15 Å². The Hall–Kier alpha value is -1.99. The maximum atomic E-state index is 6.18. The molecule has 104 valence electrons. The largest absolute Gasteiger partial charge is 0.397 e.